The fourth-order valence-electron chi connectivity index (χ4n) is 1.24. The van der Waals surface area contributed by atoms with E-state index in [2.05, 4.69) is 0 Å². The molecule has 0 unspecified atom stereocenters. The van der Waals surface area contributed by atoms with Crippen molar-refractivity contribution in [1.82, 2.24) is 0 Å². The van der Waals surface area contributed by atoms with Gasteiger partial charge in [-0.1, -0.05) is 12.1 Å². The molecule has 0 aliphatic rings. The Balaban J connectivity index is 2.29. The van der Waals surface area contributed by atoms with Crippen LogP contribution in [0.2, 0.25) is 0 Å². The topological polar surface area (TPSA) is 44.5 Å². The first-order chi connectivity index (χ1) is 7.61. The first kappa shape index (κ1) is 12.9. The minimum absolute atomic E-state index is 0.152. The Kier molecular flexibility index (Phi) is 5.22. The summed E-state index contributed by atoms with van der Waals surface area (Å²) in [5, 5.41) is 0. The zero-order chi connectivity index (χ0) is 12.0. The lowest BCUT2D eigenvalue weighted by atomic mass is 10.2. The molecule has 0 saturated carbocycles. The molecule has 1 aromatic rings. The summed E-state index contributed by atoms with van der Waals surface area (Å²) in [5.74, 6) is -0.396. The molecule has 0 atom stereocenters. The van der Waals surface area contributed by atoms with Gasteiger partial charge in [0.25, 0.3) is 0 Å². The van der Waals surface area contributed by atoms with E-state index >= 15 is 0 Å². The lowest BCUT2D eigenvalue weighted by Gasteiger charge is -2.09. The number of hydrogen-bond donors (Lipinski definition) is 1. The number of nitrogen functional groups attached to an aromatic ring is 1. The van der Waals surface area contributed by atoms with E-state index in [1.54, 1.807) is 12.1 Å². The van der Waals surface area contributed by atoms with Gasteiger partial charge in [-0.2, -0.15) is 0 Å². The van der Waals surface area contributed by atoms with Crippen molar-refractivity contribution in [3.8, 4) is 0 Å². The van der Waals surface area contributed by atoms with Gasteiger partial charge in [0.15, 0.2) is 5.82 Å². The van der Waals surface area contributed by atoms with Crippen molar-refractivity contribution in [2.75, 3.05) is 18.9 Å². The SMILES string of the molecule is CC(C)OCCOCc1cccc(N)c1F. The van der Waals surface area contributed by atoms with E-state index in [0.717, 1.165) is 0 Å². The summed E-state index contributed by atoms with van der Waals surface area (Å²) in [4.78, 5) is 0. The highest BCUT2D eigenvalue weighted by Crippen LogP contribution is 2.15. The molecule has 2 N–H and O–H groups in total. The second kappa shape index (κ2) is 6.45. The van der Waals surface area contributed by atoms with Crippen LogP contribution < -0.4 is 5.73 Å². The Bertz CT molecular complexity index is 329. The number of rotatable bonds is 6. The smallest absolute Gasteiger partial charge is 0.151 e. The molecule has 3 nitrogen and oxygen atoms in total. The van der Waals surface area contributed by atoms with Gasteiger partial charge in [-0.05, 0) is 19.9 Å². The molecule has 0 radical (unpaired) electrons. The van der Waals surface area contributed by atoms with Gasteiger partial charge in [-0.15, -0.1) is 0 Å². The van der Waals surface area contributed by atoms with Crippen LogP contribution in [0.15, 0.2) is 18.2 Å². The lowest BCUT2D eigenvalue weighted by molar-refractivity contribution is 0.0137. The standard InChI is InChI=1S/C12H18FNO2/c1-9(2)16-7-6-15-8-10-4-3-5-11(14)12(10)13/h3-5,9H,6-8,14H2,1-2H3. The Morgan fingerprint density at radius 2 is 2.06 bits per heavy atom. The molecule has 0 saturated heterocycles. The molecule has 0 aromatic heterocycles. The van der Waals surface area contributed by atoms with Crippen LogP contribution in [-0.4, -0.2) is 19.3 Å². The Morgan fingerprint density at radius 1 is 1.31 bits per heavy atom. The average Bonchev–Trinajstić information content (AvgIpc) is 2.23. The van der Waals surface area contributed by atoms with Crippen molar-refractivity contribution in [2.24, 2.45) is 0 Å². The van der Waals surface area contributed by atoms with Gasteiger partial charge in [-0.25, -0.2) is 4.39 Å². The van der Waals surface area contributed by atoms with E-state index in [4.69, 9.17) is 15.2 Å². The maximum absolute atomic E-state index is 13.4. The third-order valence-electron chi connectivity index (χ3n) is 2.04. The summed E-state index contributed by atoms with van der Waals surface area (Å²) in [5.41, 5.74) is 6.06. The minimum atomic E-state index is -0.396. The number of ether oxygens (including phenoxy) is 2. The average molecular weight is 227 g/mol. The van der Waals surface area contributed by atoms with Crippen LogP contribution in [0.4, 0.5) is 10.1 Å². The fraction of sp³-hybridized carbons (Fsp3) is 0.500. The molecule has 1 aromatic carbocycles. The molecule has 16 heavy (non-hydrogen) atoms. The van der Waals surface area contributed by atoms with E-state index in [1.807, 2.05) is 13.8 Å². The molecule has 0 fully saturated rings. The van der Waals surface area contributed by atoms with E-state index in [1.165, 1.54) is 6.07 Å². The molecule has 90 valence electrons. The van der Waals surface area contributed by atoms with Crippen molar-refractivity contribution < 1.29 is 13.9 Å². The summed E-state index contributed by atoms with van der Waals surface area (Å²) in [6.07, 6.45) is 0.188. The van der Waals surface area contributed by atoms with Crippen LogP contribution in [0.3, 0.4) is 0 Å². The van der Waals surface area contributed by atoms with Crippen molar-refractivity contribution >= 4 is 5.69 Å². The van der Waals surface area contributed by atoms with Crippen LogP contribution in [-0.2, 0) is 16.1 Å². The summed E-state index contributed by atoms with van der Waals surface area (Å²) >= 11 is 0. The first-order valence-electron chi connectivity index (χ1n) is 5.33. The summed E-state index contributed by atoms with van der Waals surface area (Å²) in [7, 11) is 0. The van der Waals surface area contributed by atoms with E-state index in [9.17, 15) is 4.39 Å². The molecule has 0 heterocycles. The number of hydrogen-bond acceptors (Lipinski definition) is 3. The Labute approximate surface area is 95.4 Å². The van der Waals surface area contributed by atoms with Crippen molar-refractivity contribution in [2.45, 2.75) is 26.6 Å². The highest BCUT2D eigenvalue weighted by molar-refractivity contribution is 5.42. The molecular weight excluding hydrogens is 209 g/mol. The van der Waals surface area contributed by atoms with Crippen LogP contribution in [0.5, 0.6) is 0 Å². The van der Waals surface area contributed by atoms with Crippen LogP contribution in [0.1, 0.15) is 19.4 Å². The van der Waals surface area contributed by atoms with Crippen LogP contribution >= 0.6 is 0 Å². The Morgan fingerprint density at radius 3 is 2.75 bits per heavy atom. The Hall–Kier alpha value is -1.13. The first-order valence-corrected chi connectivity index (χ1v) is 5.33. The molecule has 4 heteroatoms. The number of nitrogens with two attached hydrogens (primary N) is 1. The minimum Gasteiger partial charge on any atom is -0.396 e. The summed E-state index contributed by atoms with van der Waals surface area (Å²) < 4.78 is 24.0. The van der Waals surface area contributed by atoms with Crippen molar-refractivity contribution in [3.63, 3.8) is 0 Å². The molecule has 0 bridgehead atoms. The van der Waals surface area contributed by atoms with E-state index in [0.29, 0.717) is 18.8 Å². The van der Waals surface area contributed by atoms with Crippen molar-refractivity contribution in [1.29, 1.82) is 0 Å². The number of benzene rings is 1. The second-order valence-corrected chi connectivity index (χ2v) is 3.79. The number of halogens is 1. The zero-order valence-electron chi connectivity index (χ0n) is 9.70. The fourth-order valence-corrected chi connectivity index (χ4v) is 1.24. The summed E-state index contributed by atoms with van der Waals surface area (Å²) in [6, 6.07) is 4.90. The quantitative estimate of drug-likeness (QED) is 0.599. The normalized spacial score (nSPS) is 11.0. The maximum Gasteiger partial charge on any atom is 0.151 e. The van der Waals surface area contributed by atoms with Crippen molar-refractivity contribution in [3.05, 3.63) is 29.6 Å². The third-order valence-corrected chi connectivity index (χ3v) is 2.04. The van der Waals surface area contributed by atoms with Gasteiger partial charge in [0.05, 0.1) is 31.6 Å². The van der Waals surface area contributed by atoms with Gasteiger partial charge in [-0.3, -0.25) is 0 Å². The monoisotopic (exact) mass is 227 g/mol. The second-order valence-electron chi connectivity index (χ2n) is 3.79. The van der Waals surface area contributed by atoms with Gasteiger partial charge in [0.2, 0.25) is 0 Å². The predicted octanol–water partition coefficient (Wildman–Crippen LogP) is 2.35. The van der Waals surface area contributed by atoms with Gasteiger partial charge in [0, 0.05) is 5.56 Å². The highest BCUT2D eigenvalue weighted by atomic mass is 19.1. The maximum atomic E-state index is 13.4. The van der Waals surface area contributed by atoms with Gasteiger partial charge < -0.3 is 15.2 Å². The van der Waals surface area contributed by atoms with Crippen LogP contribution in [0.25, 0.3) is 0 Å². The van der Waals surface area contributed by atoms with E-state index < -0.39 is 5.82 Å². The van der Waals surface area contributed by atoms with Crippen LogP contribution in [0, 0.1) is 5.82 Å². The molecule has 0 amide bonds. The molecular formula is C12H18FNO2. The molecule has 0 aliphatic heterocycles. The van der Waals surface area contributed by atoms with E-state index in [-0.39, 0.29) is 18.4 Å². The predicted molar refractivity (Wildman–Crippen MR) is 61.6 cm³/mol. The lowest BCUT2D eigenvalue weighted by Crippen LogP contribution is -2.10. The van der Waals surface area contributed by atoms with Gasteiger partial charge >= 0.3 is 0 Å². The molecule has 0 aliphatic carbocycles. The van der Waals surface area contributed by atoms with Gasteiger partial charge in [0.1, 0.15) is 0 Å². The highest BCUT2D eigenvalue weighted by Gasteiger charge is 2.04. The summed E-state index contributed by atoms with van der Waals surface area (Å²) in [6.45, 7) is 5.10. The molecule has 0 spiro atoms. The third kappa shape index (κ3) is 4.16. The largest absolute Gasteiger partial charge is 0.396 e. The zero-order valence-corrected chi connectivity index (χ0v) is 9.70. The number of anilines is 1. The molecule has 1 rings (SSSR count).